The summed E-state index contributed by atoms with van der Waals surface area (Å²) < 4.78 is 34.9. The summed E-state index contributed by atoms with van der Waals surface area (Å²) in [6, 6.07) is 13.0. The van der Waals surface area contributed by atoms with Crippen molar-refractivity contribution in [3.8, 4) is 11.5 Å². The van der Waals surface area contributed by atoms with E-state index in [2.05, 4.69) is 5.32 Å². The summed E-state index contributed by atoms with van der Waals surface area (Å²) in [4.78, 5) is 12.2. The lowest BCUT2D eigenvalue weighted by Gasteiger charge is -2.24. The second kappa shape index (κ2) is 7.58. The lowest BCUT2D eigenvalue weighted by molar-refractivity contribution is -0.121. The Morgan fingerprint density at radius 3 is 2.59 bits per heavy atom. The summed E-state index contributed by atoms with van der Waals surface area (Å²) in [5.41, 5.74) is -0.779. The van der Waals surface area contributed by atoms with Gasteiger partial charge >= 0.3 is 0 Å². The highest BCUT2D eigenvalue weighted by atomic mass is 32.2. The number of carbonyl (C=O) groups excluding carboxylic acids is 1. The van der Waals surface area contributed by atoms with E-state index in [4.69, 9.17) is 9.47 Å². The quantitative estimate of drug-likeness (QED) is 0.743. The van der Waals surface area contributed by atoms with Gasteiger partial charge in [-0.1, -0.05) is 24.3 Å². The molecule has 8 heteroatoms. The zero-order valence-electron chi connectivity index (χ0n) is 14.8. The van der Waals surface area contributed by atoms with E-state index in [1.165, 1.54) is 12.1 Å². The third-order valence-corrected chi connectivity index (χ3v) is 6.06. The molecule has 1 heterocycles. The fourth-order valence-electron chi connectivity index (χ4n) is 2.67. The number of hydrogen-bond donors (Lipinski definition) is 2. The molecule has 144 valence electrons. The summed E-state index contributed by atoms with van der Waals surface area (Å²) in [5.74, 6) is 0.392. The molecule has 0 aromatic heterocycles. The van der Waals surface area contributed by atoms with Crippen molar-refractivity contribution < 1.29 is 27.8 Å². The molecule has 0 radical (unpaired) electrons. The van der Waals surface area contributed by atoms with Crippen molar-refractivity contribution in [1.82, 2.24) is 5.32 Å². The molecule has 0 saturated carbocycles. The number of benzene rings is 2. The Hall–Kier alpha value is -2.58. The van der Waals surface area contributed by atoms with Gasteiger partial charge in [0.2, 0.25) is 12.7 Å². The molecule has 1 aliphatic heterocycles. The molecule has 0 aliphatic carbocycles. The van der Waals surface area contributed by atoms with Crippen molar-refractivity contribution in [1.29, 1.82) is 0 Å². The van der Waals surface area contributed by atoms with Gasteiger partial charge in [0, 0.05) is 6.42 Å². The van der Waals surface area contributed by atoms with E-state index in [0.717, 1.165) is 0 Å². The van der Waals surface area contributed by atoms with Crippen molar-refractivity contribution in [3.05, 3.63) is 54.1 Å². The van der Waals surface area contributed by atoms with Crippen molar-refractivity contribution in [2.45, 2.75) is 23.8 Å². The molecule has 7 nitrogen and oxygen atoms in total. The first kappa shape index (κ1) is 19.2. The summed E-state index contributed by atoms with van der Waals surface area (Å²) >= 11 is 0. The van der Waals surface area contributed by atoms with Gasteiger partial charge in [0.25, 0.3) is 0 Å². The van der Waals surface area contributed by atoms with Crippen LogP contribution >= 0.6 is 0 Å². The second-order valence-corrected chi connectivity index (χ2v) is 8.61. The minimum absolute atomic E-state index is 0.0587. The van der Waals surface area contributed by atoms with Gasteiger partial charge in [-0.15, -0.1) is 0 Å². The van der Waals surface area contributed by atoms with Crippen LogP contribution in [0.1, 0.15) is 18.9 Å². The number of nitrogens with one attached hydrogen (secondary N) is 1. The summed E-state index contributed by atoms with van der Waals surface area (Å²) in [7, 11) is -3.52. The van der Waals surface area contributed by atoms with E-state index in [1.54, 1.807) is 43.3 Å². The number of sulfone groups is 1. The molecule has 2 aromatic rings. The Labute approximate surface area is 157 Å². The normalized spacial score (nSPS) is 15.2. The molecule has 0 unspecified atom stereocenters. The van der Waals surface area contributed by atoms with E-state index in [9.17, 15) is 18.3 Å². The van der Waals surface area contributed by atoms with Crippen molar-refractivity contribution in [2.24, 2.45) is 0 Å². The fraction of sp³-hybridized carbons (Fsp3) is 0.316. The first-order valence-electron chi connectivity index (χ1n) is 8.45. The van der Waals surface area contributed by atoms with Crippen molar-refractivity contribution >= 4 is 15.7 Å². The van der Waals surface area contributed by atoms with Gasteiger partial charge in [0.1, 0.15) is 5.60 Å². The highest BCUT2D eigenvalue weighted by molar-refractivity contribution is 7.91. The molecular formula is C19H21NO6S. The Morgan fingerprint density at radius 2 is 1.85 bits per heavy atom. The molecule has 1 atom stereocenters. The highest BCUT2D eigenvalue weighted by Crippen LogP contribution is 2.35. The first-order chi connectivity index (χ1) is 12.8. The van der Waals surface area contributed by atoms with E-state index < -0.39 is 21.3 Å². The highest BCUT2D eigenvalue weighted by Gasteiger charge is 2.27. The molecule has 0 fully saturated rings. The maximum absolute atomic E-state index is 12.2. The zero-order valence-corrected chi connectivity index (χ0v) is 15.7. The molecule has 1 aliphatic rings. The van der Waals surface area contributed by atoms with Crippen LogP contribution in [0.4, 0.5) is 0 Å². The van der Waals surface area contributed by atoms with Gasteiger partial charge in [-0.2, -0.15) is 0 Å². The zero-order chi connectivity index (χ0) is 19.5. The Bertz CT molecular complexity index is 924. The third-order valence-electron chi connectivity index (χ3n) is 4.32. The van der Waals surface area contributed by atoms with Crippen LogP contribution in [0, 0.1) is 0 Å². The molecule has 0 saturated heterocycles. The predicted molar refractivity (Wildman–Crippen MR) is 98.3 cm³/mol. The monoisotopic (exact) mass is 391 g/mol. The lowest BCUT2D eigenvalue weighted by Crippen LogP contribution is -2.39. The minimum atomic E-state index is -3.52. The van der Waals surface area contributed by atoms with Crippen LogP contribution in [0.25, 0.3) is 0 Å². The summed E-state index contributed by atoms with van der Waals surface area (Å²) in [5, 5.41) is 13.2. The smallest absolute Gasteiger partial charge is 0.231 e. The van der Waals surface area contributed by atoms with Crippen LogP contribution in [0.5, 0.6) is 11.5 Å². The van der Waals surface area contributed by atoms with Crippen molar-refractivity contribution in [2.75, 3.05) is 19.1 Å². The minimum Gasteiger partial charge on any atom is -0.454 e. The standard InChI is InChI=1S/C19H21NO6S/c1-19(22,14-7-8-16-17(11-14)26-13-25-16)12-20-18(21)9-10-27(23,24)15-5-3-2-4-6-15/h2-8,11,22H,9-10,12-13H2,1H3,(H,20,21)/t19-/m0/s1. The lowest BCUT2D eigenvalue weighted by atomic mass is 9.95. The Kier molecular flexibility index (Phi) is 5.38. The molecule has 0 spiro atoms. The molecule has 2 N–H and O–H groups in total. The molecule has 27 heavy (non-hydrogen) atoms. The number of carbonyl (C=O) groups is 1. The SMILES string of the molecule is C[C@](O)(CNC(=O)CCS(=O)(=O)c1ccccc1)c1ccc2c(c1)OCO2. The number of hydrogen-bond acceptors (Lipinski definition) is 6. The van der Waals surface area contributed by atoms with Crippen LogP contribution < -0.4 is 14.8 Å². The average molecular weight is 391 g/mol. The van der Waals surface area contributed by atoms with Gasteiger partial charge < -0.3 is 19.9 Å². The van der Waals surface area contributed by atoms with Gasteiger partial charge in [-0.25, -0.2) is 8.42 Å². The van der Waals surface area contributed by atoms with E-state index in [0.29, 0.717) is 17.1 Å². The Morgan fingerprint density at radius 1 is 1.15 bits per heavy atom. The Balaban J connectivity index is 1.55. The maximum atomic E-state index is 12.2. The molecule has 0 bridgehead atoms. The number of aliphatic hydroxyl groups is 1. The molecule has 2 aromatic carbocycles. The number of rotatable bonds is 7. The van der Waals surface area contributed by atoms with Gasteiger partial charge in [0.05, 0.1) is 17.2 Å². The van der Waals surface area contributed by atoms with Crippen LogP contribution in [0.2, 0.25) is 0 Å². The van der Waals surface area contributed by atoms with Crippen LogP contribution in [-0.4, -0.2) is 38.5 Å². The maximum Gasteiger partial charge on any atom is 0.231 e. The van der Waals surface area contributed by atoms with E-state index in [1.807, 2.05) is 0 Å². The molecule has 1 amide bonds. The second-order valence-electron chi connectivity index (χ2n) is 6.50. The van der Waals surface area contributed by atoms with Gasteiger partial charge in [0.15, 0.2) is 21.3 Å². The summed E-state index contributed by atoms with van der Waals surface area (Å²) in [6.45, 7) is 1.63. The van der Waals surface area contributed by atoms with Crippen LogP contribution in [0.3, 0.4) is 0 Å². The number of ether oxygens (including phenoxy) is 2. The first-order valence-corrected chi connectivity index (χ1v) is 10.1. The molecule has 3 rings (SSSR count). The largest absolute Gasteiger partial charge is 0.454 e. The summed E-state index contributed by atoms with van der Waals surface area (Å²) in [6.07, 6.45) is -0.186. The van der Waals surface area contributed by atoms with Gasteiger partial charge in [-0.05, 0) is 36.8 Å². The molecular weight excluding hydrogens is 370 g/mol. The van der Waals surface area contributed by atoms with Gasteiger partial charge in [-0.3, -0.25) is 4.79 Å². The van der Waals surface area contributed by atoms with E-state index in [-0.39, 0.29) is 30.4 Å². The topological polar surface area (TPSA) is 102 Å². The third kappa shape index (κ3) is 4.58. The van der Waals surface area contributed by atoms with Crippen LogP contribution in [0.15, 0.2) is 53.4 Å². The van der Waals surface area contributed by atoms with Crippen LogP contribution in [-0.2, 0) is 20.2 Å². The number of fused-ring (bicyclic) bond motifs is 1. The predicted octanol–water partition coefficient (Wildman–Crippen LogP) is 1.60. The number of amides is 1. The van der Waals surface area contributed by atoms with E-state index >= 15 is 0 Å². The van der Waals surface area contributed by atoms with Crippen molar-refractivity contribution in [3.63, 3.8) is 0 Å². The fourth-order valence-corrected chi connectivity index (χ4v) is 3.93. The average Bonchev–Trinajstić information content (AvgIpc) is 3.13.